The minimum atomic E-state index is 0.369. The standard InChI is InChI=1S/C12H18O/c1-9(2)10(3)7-11-5-4-6-12(13)8-11/h4-6,8-10,13H,7H2,1-3H3. The Labute approximate surface area is 80.4 Å². The molecular weight excluding hydrogens is 160 g/mol. The Kier molecular flexibility index (Phi) is 3.35. The van der Waals surface area contributed by atoms with Gasteiger partial charge in [0.2, 0.25) is 0 Å². The molecule has 0 heterocycles. The van der Waals surface area contributed by atoms with Gasteiger partial charge in [-0.1, -0.05) is 32.9 Å². The van der Waals surface area contributed by atoms with E-state index < -0.39 is 0 Å². The van der Waals surface area contributed by atoms with E-state index in [-0.39, 0.29) is 0 Å². The molecule has 0 bridgehead atoms. The Morgan fingerprint density at radius 2 is 1.92 bits per heavy atom. The van der Waals surface area contributed by atoms with E-state index in [0.717, 1.165) is 6.42 Å². The van der Waals surface area contributed by atoms with Crippen LogP contribution in [0.25, 0.3) is 0 Å². The Balaban J connectivity index is 2.64. The van der Waals surface area contributed by atoms with Crippen LogP contribution in [0.3, 0.4) is 0 Å². The van der Waals surface area contributed by atoms with Gasteiger partial charge in [0, 0.05) is 0 Å². The summed E-state index contributed by atoms with van der Waals surface area (Å²) in [6.07, 6.45) is 1.05. The third kappa shape index (κ3) is 3.10. The van der Waals surface area contributed by atoms with E-state index in [0.29, 0.717) is 17.6 Å². The molecule has 1 unspecified atom stereocenters. The summed E-state index contributed by atoms with van der Waals surface area (Å²) in [7, 11) is 0. The van der Waals surface area contributed by atoms with Gasteiger partial charge in [-0.05, 0) is 36.0 Å². The van der Waals surface area contributed by atoms with Crippen molar-refractivity contribution in [3.05, 3.63) is 29.8 Å². The molecule has 0 saturated carbocycles. The number of phenolic OH excluding ortho intramolecular Hbond substituents is 1. The second-order valence-electron chi connectivity index (χ2n) is 4.10. The van der Waals surface area contributed by atoms with Gasteiger partial charge in [0.05, 0.1) is 0 Å². The molecule has 1 aromatic carbocycles. The van der Waals surface area contributed by atoms with E-state index in [2.05, 4.69) is 26.8 Å². The maximum atomic E-state index is 9.26. The second kappa shape index (κ2) is 4.31. The normalized spacial score (nSPS) is 13.2. The number of rotatable bonds is 3. The third-order valence-electron chi connectivity index (χ3n) is 2.61. The highest BCUT2D eigenvalue weighted by Crippen LogP contribution is 2.19. The van der Waals surface area contributed by atoms with Gasteiger partial charge < -0.3 is 5.11 Å². The zero-order valence-corrected chi connectivity index (χ0v) is 8.62. The summed E-state index contributed by atoms with van der Waals surface area (Å²) in [5.74, 6) is 1.73. The molecule has 1 rings (SSSR count). The molecule has 13 heavy (non-hydrogen) atoms. The molecule has 1 N–H and O–H groups in total. The highest BCUT2D eigenvalue weighted by molar-refractivity contribution is 5.27. The lowest BCUT2D eigenvalue weighted by molar-refractivity contribution is 0.415. The van der Waals surface area contributed by atoms with Gasteiger partial charge in [0.15, 0.2) is 0 Å². The van der Waals surface area contributed by atoms with Gasteiger partial charge in [-0.15, -0.1) is 0 Å². The summed E-state index contributed by atoms with van der Waals surface area (Å²) in [5, 5.41) is 9.26. The van der Waals surface area contributed by atoms with Gasteiger partial charge in [-0.2, -0.15) is 0 Å². The average Bonchev–Trinajstić information content (AvgIpc) is 2.04. The first-order valence-corrected chi connectivity index (χ1v) is 4.87. The molecule has 0 aliphatic rings. The third-order valence-corrected chi connectivity index (χ3v) is 2.61. The van der Waals surface area contributed by atoms with Crippen molar-refractivity contribution in [2.24, 2.45) is 11.8 Å². The molecule has 0 aliphatic heterocycles. The van der Waals surface area contributed by atoms with Crippen LogP contribution in [0.5, 0.6) is 5.75 Å². The molecule has 0 spiro atoms. The maximum absolute atomic E-state index is 9.26. The van der Waals surface area contributed by atoms with Crippen molar-refractivity contribution >= 4 is 0 Å². The zero-order chi connectivity index (χ0) is 9.84. The molecule has 0 fully saturated rings. The van der Waals surface area contributed by atoms with Crippen LogP contribution in [0.2, 0.25) is 0 Å². The fraction of sp³-hybridized carbons (Fsp3) is 0.500. The number of benzene rings is 1. The van der Waals surface area contributed by atoms with Crippen LogP contribution in [-0.4, -0.2) is 5.11 Å². The zero-order valence-electron chi connectivity index (χ0n) is 8.62. The van der Waals surface area contributed by atoms with E-state index in [9.17, 15) is 5.11 Å². The number of phenols is 1. The molecule has 1 nitrogen and oxygen atoms in total. The van der Waals surface area contributed by atoms with Crippen molar-refractivity contribution in [2.45, 2.75) is 27.2 Å². The predicted octanol–water partition coefficient (Wildman–Crippen LogP) is 3.23. The monoisotopic (exact) mass is 178 g/mol. The summed E-state index contributed by atoms with van der Waals surface area (Å²) in [4.78, 5) is 0. The van der Waals surface area contributed by atoms with Crippen molar-refractivity contribution in [2.75, 3.05) is 0 Å². The van der Waals surface area contributed by atoms with Crippen molar-refractivity contribution in [1.82, 2.24) is 0 Å². The van der Waals surface area contributed by atoms with Crippen LogP contribution in [0.4, 0.5) is 0 Å². The molecule has 0 saturated heterocycles. The Hall–Kier alpha value is -0.980. The molecule has 0 aliphatic carbocycles. The first kappa shape index (κ1) is 10.1. The van der Waals surface area contributed by atoms with E-state index >= 15 is 0 Å². The summed E-state index contributed by atoms with van der Waals surface area (Å²) in [5.41, 5.74) is 1.22. The van der Waals surface area contributed by atoms with Gasteiger partial charge in [0.25, 0.3) is 0 Å². The lowest BCUT2D eigenvalue weighted by Crippen LogP contribution is -2.07. The minimum Gasteiger partial charge on any atom is -0.508 e. The highest BCUT2D eigenvalue weighted by Gasteiger charge is 2.07. The Morgan fingerprint density at radius 1 is 1.23 bits per heavy atom. The lowest BCUT2D eigenvalue weighted by Gasteiger charge is -2.15. The van der Waals surface area contributed by atoms with Crippen LogP contribution in [0.15, 0.2) is 24.3 Å². The van der Waals surface area contributed by atoms with E-state index in [4.69, 9.17) is 0 Å². The van der Waals surface area contributed by atoms with Crippen molar-refractivity contribution < 1.29 is 5.11 Å². The topological polar surface area (TPSA) is 20.2 Å². The first-order chi connectivity index (χ1) is 6.09. The van der Waals surface area contributed by atoms with Crippen LogP contribution < -0.4 is 0 Å². The maximum Gasteiger partial charge on any atom is 0.115 e. The Bertz CT molecular complexity index is 266. The first-order valence-electron chi connectivity index (χ1n) is 4.87. The summed E-state index contributed by atoms with van der Waals surface area (Å²) in [6, 6.07) is 7.53. The largest absolute Gasteiger partial charge is 0.508 e. The quantitative estimate of drug-likeness (QED) is 0.753. The summed E-state index contributed by atoms with van der Waals surface area (Å²) >= 11 is 0. The van der Waals surface area contributed by atoms with E-state index in [1.165, 1.54) is 5.56 Å². The van der Waals surface area contributed by atoms with Crippen LogP contribution in [0, 0.1) is 11.8 Å². The molecule has 1 heteroatoms. The smallest absolute Gasteiger partial charge is 0.115 e. The molecule has 0 aromatic heterocycles. The summed E-state index contributed by atoms with van der Waals surface area (Å²) < 4.78 is 0. The van der Waals surface area contributed by atoms with E-state index in [1.54, 1.807) is 6.07 Å². The molecule has 0 amide bonds. The van der Waals surface area contributed by atoms with Crippen LogP contribution >= 0.6 is 0 Å². The lowest BCUT2D eigenvalue weighted by atomic mass is 9.91. The fourth-order valence-corrected chi connectivity index (χ4v) is 1.29. The second-order valence-corrected chi connectivity index (χ2v) is 4.10. The molecule has 72 valence electrons. The predicted molar refractivity (Wildman–Crippen MR) is 55.8 cm³/mol. The average molecular weight is 178 g/mol. The molecular formula is C12H18O. The summed E-state index contributed by atoms with van der Waals surface area (Å²) in [6.45, 7) is 6.70. The van der Waals surface area contributed by atoms with Crippen molar-refractivity contribution in [3.8, 4) is 5.75 Å². The van der Waals surface area contributed by atoms with Crippen LogP contribution in [0.1, 0.15) is 26.3 Å². The molecule has 0 radical (unpaired) electrons. The van der Waals surface area contributed by atoms with Crippen molar-refractivity contribution in [1.29, 1.82) is 0 Å². The Morgan fingerprint density at radius 3 is 2.46 bits per heavy atom. The number of aromatic hydroxyl groups is 1. The minimum absolute atomic E-state index is 0.369. The van der Waals surface area contributed by atoms with E-state index in [1.807, 2.05) is 12.1 Å². The van der Waals surface area contributed by atoms with Gasteiger partial charge >= 0.3 is 0 Å². The number of hydrogen-bond acceptors (Lipinski definition) is 1. The fourth-order valence-electron chi connectivity index (χ4n) is 1.29. The van der Waals surface area contributed by atoms with Gasteiger partial charge in [-0.3, -0.25) is 0 Å². The van der Waals surface area contributed by atoms with Gasteiger partial charge in [0.1, 0.15) is 5.75 Å². The van der Waals surface area contributed by atoms with Crippen molar-refractivity contribution in [3.63, 3.8) is 0 Å². The van der Waals surface area contributed by atoms with Crippen LogP contribution in [-0.2, 0) is 6.42 Å². The number of hydrogen-bond donors (Lipinski definition) is 1. The molecule has 1 aromatic rings. The SMILES string of the molecule is CC(C)C(C)Cc1cccc(O)c1. The molecule has 1 atom stereocenters. The highest BCUT2D eigenvalue weighted by atomic mass is 16.3. The van der Waals surface area contributed by atoms with Gasteiger partial charge in [-0.25, -0.2) is 0 Å².